The summed E-state index contributed by atoms with van der Waals surface area (Å²) < 4.78 is 33.4. The molecule has 3 aromatic carbocycles. The third-order valence-corrected chi connectivity index (χ3v) is 7.51. The molecule has 2 aliphatic heterocycles. The fourth-order valence-electron chi connectivity index (χ4n) is 5.31. The van der Waals surface area contributed by atoms with Crippen LogP contribution < -0.4 is 10.1 Å². The van der Waals surface area contributed by atoms with Crippen molar-refractivity contribution in [3.8, 4) is 5.75 Å². The van der Waals surface area contributed by atoms with Gasteiger partial charge in [0.15, 0.2) is 0 Å². The zero-order valence-corrected chi connectivity index (χ0v) is 24.8. The molecule has 1 saturated heterocycles. The van der Waals surface area contributed by atoms with Gasteiger partial charge < -0.3 is 10.1 Å². The molecule has 5 rings (SSSR count). The fraction of sp³-hybridized carbons (Fsp3) is 0.344. The SMILES string of the molecule is CCOc1cc(C(C)(C)C)ccc1C1NCCN(C(=O)N2C=NC(c3ccc(F)cc3)C2c2ccc(F)cc2)C1=O.Cl. The van der Waals surface area contributed by atoms with Crippen LogP contribution in [0, 0.1) is 11.6 Å². The van der Waals surface area contributed by atoms with Crippen LogP contribution in [0.5, 0.6) is 5.75 Å². The number of carbonyl (C=O) groups excluding carboxylic acids is 2. The first kappa shape index (κ1) is 31.1. The van der Waals surface area contributed by atoms with E-state index in [2.05, 4.69) is 31.1 Å². The quantitative estimate of drug-likeness (QED) is 0.365. The summed E-state index contributed by atoms with van der Waals surface area (Å²) in [5.41, 5.74) is 2.96. The number of benzene rings is 3. The summed E-state index contributed by atoms with van der Waals surface area (Å²) in [7, 11) is 0. The molecule has 1 N–H and O–H groups in total. The minimum Gasteiger partial charge on any atom is -0.494 e. The van der Waals surface area contributed by atoms with Gasteiger partial charge in [0.25, 0.3) is 5.91 Å². The molecule has 0 radical (unpaired) electrons. The first-order valence-corrected chi connectivity index (χ1v) is 13.8. The van der Waals surface area contributed by atoms with Crippen molar-refractivity contribution in [3.05, 3.63) is 101 Å². The lowest BCUT2D eigenvalue weighted by molar-refractivity contribution is -0.133. The first-order valence-electron chi connectivity index (χ1n) is 13.8. The number of carbonyl (C=O) groups is 2. The summed E-state index contributed by atoms with van der Waals surface area (Å²) in [6.45, 7) is 9.20. The highest BCUT2D eigenvalue weighted by Gasteiger charge is 2.43. The lowest BCUT2D eigenvalue weighted by atomic mass is 9.85. The average molecular weight is 597 g/mol. The molecule has 3 aromatic rings. The highest BCUT2D eigenvalue weighted by Crippen LogP contribution is 2.41. The Hall–Kier alpha value is -3.82. The Bertz CT molecular complexity index is 1460. The molecule has 3 amide bonds. The average Bonchev–Trinajstić information content (AvgIpc) is 3.39. The van der Waals surface area contributed by atoms with Gasteiger partial charge in [-0.15, -0.1) is 12.4 Å². The molecule has 3 atom stereocenters. The number of halogens is 3. The molecule has 0 spiro atoms. The second-order valence-corrected chi connectivity index (χ2v) is 11.3. The van der Waals surface area contributed by atoms with E-state index in [1.807, 2.05) is 25.1 Å². The van der Waals surface area contributed by atoms with E-state index in [4.69, 9.17) is 4.74 Å². The van der Waals surface area contributed by atoms with Crippen LogP contribution in [0.1, 0.15) is 68.1 Å². The van der Waals surface area contributed by atoms with Crippen molar-refractivity contribution in [2.24, 2.45) is 4.99 Å². The van der Waals surface area contributed by atoms with E-state index < -0.39 is 35.9 Å². The molecule has 0 saturated carbocycles. The highest BCUT2D eigenvalue weighted by atomic mass is 35.5. The van der Waals surface area contributed by atoms with E-state index in [1.54, 1.807) is 24.3 Å². The Morgan fingerprint density at radius 3 is 2.21 bits per heavy atom. The monoisotopic (exact) mass is 596 g/mol. The molecular weight excluding hydrogens is 562 g/mol. The van der Waals surface area contributed by atoms with Gasteiger partial charge in [-0.2, -0.15) is 0 Å². The van der Waals surface area contributed by atoms with E-state index in [-0.39, 0.29) is 30.2 Å². The van der Waals surface area contributed by atoms with Gasteiger partial charge in [0.2, 0.25) is 0 Å². The summed E-state index contributed by atoms with van der Waals surface area (Å²) in [6, 6.07) is 15.0. The number of nitrogens with zero attached hydrogens (tertiary/aromatic N) is 3. The van der Waals surface area contributed by atoms with E-state index in [1.165, 1.54) is 40.4 Å². The van der Waals surface area contributed by atoms with Gasteiger partial charge in [-0.05, 0) is 59.4 Å². The molecule has 1 fully saturated rings. The van der Waals surface area contributed by atoms with Gasteiger partial charge in [-0.1, -0.05) is 57.2 Å². The van der Waals surface area contributed by atoms with Crippen molar-refractivity contribution >= 4 is 30.7 Å². The number of rotatable bonds is 5. The van der Waals surface area contributed by atoms with Gasteiger partial charge in [-0.25, -0.2) is 13.6 Å². The second-order valence-electron chi connectivity index (χ2n) is 11.3. The van der Waals surface area contributed by atoms with Crippen molar-refractivity contribution in [1.82, 2.24) is 15.1 Å². The maximum atomic E-state index is 14.0. The number of aliphatic imine (C=N–C) groups is 1. The smallest absolute Gasteiger partial charge is 0.332 e. The van der Waals surface area contributed by atoms with Gasteiger partial charge in [0.05, 0.1) is 19.0 Å². The Labute approximate surface area is 251 Å². The second kappa shape index (κ2) is 12.6. The number of nitrogens with one attached hydrogen (secondary N) is 1. The summed E-state index contributed by atoms with van der Waals surface area (Å²) in [5, 5.41) is 3.25. The van der Waals surface area contributed by atoms with Gasteiger partial charge in [0, 0.05) is 18.7 Å². The number of piperazine rings is 1. The predicted molar refractivity (Wildman–Crippen MR) is 160 cm³/mol. The number of imide groups is 1. The minimum atomic E-state index is -0.778. The van der Waals surface area contributed by atoms with Crippen molar-refractivity contribution < 1.29 is 23.1 Å². The summed E-state index contributed by atoms with van der Waals surface area (Å²) >= 11 is 0. The van der Waals surface area contributed by atoms with Crippen LogP contribution in [0.3, 0.4) is 0 Å². The number of ether oxygens (including phenoxy) is 1. The fourth-order valence-corrected chi connectivity index (χ4v) is 5.31. The van der Waals surface area contributed by atoms with E-state index in [9.17, 15) is 18.4 Å². The molecule has 10 heteroatoms. The van der Waals surface area contributed by atoms with Gasteiger partial charge in [0.1, 0.15) is 29.5 Å². The van der Waals surface area contributed by atoms with Crippen LogP contribution >= 0.6 is 12.4 Å². The highest BCUT2D eigenvalue weighted by molar-refractivity contribution is 6.02. The topological polar surface area (TPSA) is 74.2 Å². The van der Waals surface area contributed by atoms with Crippen LogP contribution in [0.2, 0.25) is 0 Å². The maximum absolute atomic E-state index is 14.0. The predicted octanol–water partition coefficient (Wildman–Crippen LogP) is 6.50. The number of amides is 3. The molecule has 0 bridgehead atoms. The van der Waals surface area contributed by atoms with E-state index in [0.29, 0.717) is 35.6 Å². The molecule has 42 heavy (non-hydrogen) atoms. The maximum Gasteiger partial charge on any atom is 0.332 e. The van der Waals surface area contributed by atoms with Crippen molar-refractivity contribution in [2.45, 2.75) is 51.2 Å². The van der Waals surface area contributed by atoms with Gasteiger partial charge >= 0.3 is 6.03 Å². The third kappa shape index (κ3) is 6.17. The lowest BCUT2D eigenvalue weighted by Gasteiger charge is -2.36. The summed E-state index contributed by atoms with van der Waals surface area (Å²) in [6.07, 6.45) is 1.42. The Morgan fingerprint density at radius 1 is 1.00 bits per heavy atom. The molecule has 0 aromatic heterocycles. The number of hydrogen-bond acceptors (Lipinski definition) is 5. The van der Waals surface area contributed by atoms with Crippen LogP contribution in [0.4, 0.5) is 13.6 Å². The number of hydrogen-bond donors (Lipinski definition) is 1. The standard InChI is InChI=1S/C32H34F2N4O3.ClH/c1-5-41-26-18-22(32(2,3)4)10-15-25(26)28-30(39)37(17-16-35-28)31(40)38-19-36-27(20-6-11-23(33)12-7-20)29(38)21-8-13-24(34)14-9-21;/h6-15,18-19,27-29,35H,5,16-17H2,1-4H3;1H. The zero-order chi connectivity index (χ0) is 29.3. The molecular formula is C32H35ClF2N4O3. The Kier molecular flexibility index (Phi) is 9.33. The molecule has 0 aliphatic carbocycles. The van der Waals surface area contributed by atoms with Crippen LogP contribution in [0.25, 0.3) is 0 Å². The minimum absolute atomic E-state index is 0. The van der Waals surface area contributed by atoms with Crippen molar-refractivity contribution in [3.63, 3.8) is 0 Å². The summed E-state index contributed by atoms with van der Waals surface area (Å²) in [5.74, 6) is -0.599. The zero-order valence-electron chi connectivity index (χ0n) is 24.0. The molecule has 7 nitrogen and oxygen atoms in total. The van der Waals surface area contributed by atoms with Crippen LogP contribution in [-0.4, -0.2) is 47.8 Å². The van der Waals surface area contributed by atoms with Crippen molar-refractivity contribution in [1.29, 1.82) is 0 Å². The summed E-state index contributed by atoms with van der Waals surface area (Å²) in [4.78, 5) is 35.1. The number of urea groups is 1. The van der Waals surface area contributed by atoms with Gasteiger partial charge in [-0.3, -0.25) is 19.6 Å². The normalized spacial score (nSPS) is 20.4. The Balaban J connectivity index is 0.00000405. The van der Waals surface area contributed by atoms with E-state index >= 15 is 0 Å². The molecule has 2 aliphatic rings. The lowest BCUT2D eigenvalue weighted by Crippen LogP contribution is -2.56. The van der Waals surface area contributed by atoms with Crippen LogP contribution in [-0.2, 0) is 10.2 Å². The molecule has 3 unspecified atom stereocenters. The van der Waals surface area contributed by atoms with E-state index in [0.717, 1.165) is 5.56 Å². The first-order chi connectivity index (χ1) is 19.6. The third-order valence-electron chi connectivity index (χ3n) is 7.51. The Morgan fingerprint density at radius 2 is 1.62 bits per heavy atom. The molecule has 222 valence electrons. The molecule has 2 heterocycles. The van der Waals surface area contributed by atoms with Crippen LogP contribution in [0.15, 0.2) is 71.7 Å². The van der Waals surface area contributed by atoms with Crippen molar-refractivity contribution in [2.75, 3.05) is 19.7 Å². The largest absolute Gasteiger partial charge is 0.494 e.